The zero-order chi connectivity index (χ0) is 14.8. The SMILES string of the molecule is CCCCC(CC)CC(=O)N(CCC)C1CCNCC1.Cl. The molecule has 1 heterocycles. The van der Waals surface area contributed by atoms with Gasteiger partial charge in [-0.15, -0.1) is 12.4 Å². The van der Waals surface area contributed by atoms with Crippen LogP contribution in [0.5, 0.6) is 0 Å². The number of halogens is 1. The summed E-state index contributed by atoms with van der Waals surface area (Å²) in [5, 5.41) is 3.39. The Morgan fingerprint density at radius 2 is 1.86 bits per heavy atom. The Kier molecular flexibility index (Phi) is 12.1. The number of nitrogens with zero attached hydrogens (tertiary/aromatic N) is 1. The highest BCUT2D eigenvalue weighted by atomic mass is 35.5. The van der Waals surface area contributed by atoms with Crippen LogP contribution in [0, 0.1) is 5.92 Å². The van der Waals surface area contributed by atoms with Crippen molar-refractivity contribution < 1.29 is 4.79 Å². The van der Waals surface area contributed by atoms with E-state index in [1.807, 2.05) is 0 Å². The molecule has 0 aromatic rings. The largest absolute Gasteiger partial charge is 0.340 e. The average molecular weight is 319 g/mol. The summed E-state index contributed by atoms with van der Waals surface area (Å²) in [6.45, 7) is 9.69. The van der Waals surface area contributed by atoms with Crippen LogP contribution in [0.3, 0.4) is 0 Å². The van der Waals surface area contributed by atoms with Crippen LogP contribution in [0.2, 0.25) is 0 Å². The van der Waals surface area contributed by atoms with Crippen LogP contribution in [0.25, 0.3) is 0 Å². The van der Waals surface area contributed by atoms with E-state index in [-0.39, 0.29) is 12.4 Å². The average Bonchev–Trinajstić information content (AvgIpc) is 2.49. The number of carbonyl (C=O) groups excluding carboxylic acids is 1. The molecule has 0 aromatic carbocycles. The minimum Gasteiger partial charge on any atom is -0.340 e. The smallest absolute Gasteiger partial charge is 0.223 e. The highest BCUT2D eigenvalue weighted by Gasteiger charge is 2.25. The second kappa shape index (κ2) is 12.3. The molecule has 0 spiro atoms. The second-order valence-corrected chi connectivity index (χ2v) is 6.19. The molecule has 1 rings (SSSR count). The zero-order valence-electron chi connectivity index (χ0n) is 14.2. The van der Waals surface area contributed by atoms with Gasteiger partial charge in [-0.3, -0.25) is 4.79 Å². The Morgan fingerprint density at radius 1 is 1.19 bits per heavy atom. The second-order valence-electron chi connectivity index (χ2n) is 6.19. The molecule has 1 fully saturated rings. The van der Waals surface area contributed by atoms with E-state index in [2.05, 4.69) is 31.0 Å². The van der Waals surface area contributed by atoms with Crippen molar-refractivity contribution in [3.05, 3.63) is 0 Å². The van der Waals surface area contributed by atoms with Gasteiger partial charge in [-0.05, 0) is 44.7 Å². The Hall–Kier alpha value is -0.280. The molecule has 126 valence electrons. The standard InChI is InChI=1S/C17H34N2O.ClH/c1-4-7-8-15(6-3)14-17(20)19(13-5-2)16-9-11-18-12-10-16;/h15-16,18H,4-14H2,1-3H3;1H. The molecule has 1 aliphatic rings. The molecular weight excluding hydrogens is 284 g/mol. The van der Waals surface area contributed by atoms with Crippen LogP contribution >= 0.6 is 12.4 Å². The van der Waals surface area contributed by atoms with Gasteiger partial charge in [0.2, 0.25) is 5.91 Å². The summed E-state index contributed by atoms with van der Waals surface area (Å²) in [4.78, 5) is 14.9. The van der Waals surface area contributed by atoms with Crippen molar-refractivity contribution in [1.29, 1.82) is 0 Å². The Bertz CT molecular complexity index is 268. The van der Waals surface area contributed by atoms with Gasteiger partial charge >= 0.3 is 0 Å². The van der Waals surface area contributed by atoms with Crippen molar-refractivity contribution in [3.63, 3.8) is 0 Å². The normalized spacial score (nSPS) is 17.1. The van der Waals surface area contributed by atoms with Crippen molar-refractivity contribution in [2.75, 3.05) is 19.6 Å². The van der Waals surface area contributed by atoms with E-state index in [9.17, 15) is 4.79 Å². The van der Waals surface area contributed by atoms with Crippen LogP contribution in [0.1, 0.15) is 72.1 Å². The van der Waals surface area contributed by atoms with Gasteiger partial charge < -0.3 is 10.2 Å². The molecule has 1 unspecified atom stereocenters. The lowest BCUT2D eigenvalue weighted by molar-refractivity contribution is -0.135. The molecule has 0 bridgehead atoms. The first-order valence-electron chi connectivity index (χ1n) is 8.73. The van der Waals surface area contributed by atoms with Crippen molar-refractivity contribution in [2.45, 2.75) is 78.2 Å². The van der Waals surface area contributed by atoms with Crippen molar-refractivity contribution >= 4 is 18.3 Å². The van der Waals surface area contributed by atoms with E-state index < -0.39 is 0 Å². The summed E-state index contributed by atoms with van der Waals surface area (Å²) in [6, 6.07) is 0.479. The lowest BCUT2D eigenvalue weighted by Gasteiger charge is -2.35. The number of hydrogen-bond acceptors (Lipinski definition) is 2. The van der Waals surface area contributed by atoms with E-state index in [0.29, 0.717) is 17.9 Å². The maximum Gasteiger partial charge on any atom is 0.223 e. The lowest BCUT2D eigenvalue weighted by atomic mass is 9.94. The quantitative estimate of drug-likeness (QED) is 0.696. The van der Waals surface area contributed by atoms with Gasteiger partial charge in [-0.25, -0.2) is 0 Å². The third-order valence-corrected chi connectivity index (χ3v) is 4.54. The minimum absolute atomic E-state index is 0. The summed E-state index contributed by atoms with van der Waals surface area (Å²) < 4.78 is 0. The molecule has 1 N–H and O–H groups in total. The molecule has 0 aromatic heterocycles. The molecule has 4 heteroatoms. The van der Waals surface area contributed by atoms with Crippen molar-refractivity contribution in [1.82, 2.24) is 10.2 Å². The van der Waals surface area contributed by atoms with Crippen LogP contribution in [0.4, 0.5) is 0 Å². The minimum atomic E-state index is 0. The predicted octanol–water partition coefficient (Wildman–Crippen LogP) is 4.01. The van der Waals surface area contributed by atoms with E-state index in [0.717, 1.165) is 51.7 Å². The van der Waals surface area contributed by atoms with Crippen molar-refractivity contribution in [3.8, 4) is 0 Å². The fourth-order valence-corrected chi connectivity index (χ4v) is 3.18. The summed E-state index contributed by atoms with van der Waals surface area (Å²) in [7, 11) is 0. The highest BCUT2D eigenvalue weighted by molar-refractivity contribution is 5.85. The predicted molar refractivity (Wildman–Crippen MR) is 93.1 cm³/mol. The summed E-state index contributed by atoms with van der Waals surface area (Å²) in [6.07, 6.45) is 8.92. The molecule has 1 saturated heterocycles. The fourth-order valence-electron chi connectivity index (χ4n) is 3.18. The van der Waals surface area contributed by atoms with Gasteiger partial charge in [0.25, 0.3) is 0 Å². The third kappa shape index (κ3) is 7.51. The molecule has 21 heavy (non-hydrogen) atoms. The van der Waals surface area contributed by atoms with Gasteiger partial charge in [0, 0.05) is 19.0 Å². The molecule has 0 saturated carbocycles. The number of carbonyl (C=O) groups is 1. The third-order valence-electron chi connectivity index (χ3n) is 4.54. The first kappa shape index (κ1) is 20.7. The number of rotatable bonds is 9. The van der Waals surface area contributed by atoms with Crippen molar-refractivity contribution in [2.24, 2.45) is 5.92 Å². The van der Waals surface area contributed by atoms with Crippen LogP contribution < -0.4 is 5.32 Å². The van der Waals surface area contributed by atoms with Gasteiger partial charge in [-0.2, -0.15) is 0 Å². The number of piperidine rings is 1. The number of unbranched alkanes of at least 4 members (excludes halogenated alkanes) is 1. The molecular formula is C17H35ClN2O. The first-order chi connectivity index (χ1) is 9.72. The molecule has 1 amide bonds. The number of nitrogens with one attached hydrogen (secondary N) is 1. The van der Waals surface area contributed by atoms with Gasteiger partial charge in [0.05, 0.1) is 0 Å². The molecule has 1 atom stereocenters. The zero-order valence-corrected chi connectivity index (χ0v) is 15.0. The molecule has 0 radical (unpaired) electrons. The maximum absolute atomic E-state index is 12.7. The van der Waals surface area contributed by atoms with Gasteiger partial charge in [0.15, 0.2) is 0 Å². The van der Waals surface area contributed by atoms with E-state index in [4.69, 9.17) is 0 Å². The van der Waals surface area contributed by atoms with Crippen LogP contribution in [-0.2, 0) is 4.79 Å². The maximum atomic E-state index is 12.7. The monoisotopic (exact) mass is 318 g/mol. The fraction of sp³-hybridized carbons (Fsp3) is 0.941. The van der Waals surface area contributed by atoms with E-state index in [1.165, 1.54) is 19.3 Å². The Labute approximate surface area is 137 Å². The topological polar surface area (TPSA) is 32.3 Å². The van der Waals surface area contributed by atoms with Crippen LogP contribution in [0.15, 0.2) is 0 Å². The highest BCUT2D eigenvalue weighted by Crippen LogP contribution is 2.21. The van der Waals surface area contributed by atoms with Gasteiger partial charge in [0.1, 0.15) is 0 Å². The number of amides is 1. The van der Waals surface area contributed by atoms with Crippen LogP contribution in [-0.4, -0.2) is 36.5 Å². The van der Waals surface area contributed by atoms with E-state index in [1.54, 1.807) is 0 Å². The number of hydrogen-bond donors (Lipinski definition) is 1. The first-order valence-corrected chi connectivity index (χ1v) is 8.73. The van der Waals surface area contributed by atoms with E-state index >= 15 is 0 Å². The summed E-state index contributed by atoms with van der Waals surface area (Å²) in [5.74, 6) is 0.991. The summed E-state index contributed by atoms with van der Waals surface area (Å²) >= 11 is 0. The molecule has 0 aliphatic carbocycles. The Balaban J connectivity index is 0.00000400. The lowest BCUT2D eigenvalue weighted by Crippen LogP contribution is -2.46. The molecule has 1 aliphatic heterocycles. The summed E-state index contributed by atoms with van der Waals surface area (Å²) in [5.41, 5.74) is 0. The Morgan fingerprint density at radius 3 is 2.38 bits per heavy atom. The van der Waals surface area contributed by atoms with Gasteiger partial charge in [-0.1, -0.05) is 40.0 Å². The molecule has 3 nitrogen and oxygen atoms in total.